The molecule has 130 valence electrons. The molecule has 0 radical (unpaired) electrons. The third-order valence-electron chi connectivity index (χ3n) is 3.63. The Morgan fingerprint density at radius 1 is 1.26 bits per heavy atom. The smallest absolute Gasteiger partial charge is 0.305 e. The first-order chi connectivity index (χ1) is 10.8. The molecule has 1 rings (SSSR count). The van der Waals surface area contributed by atoms with E-state index in [1.807, 2.05) is 6.92 Å². The highest BCUT2D eigenvalue weighted by atomic mass is 16.5. The van der Waals surface area contributed by atoms with E-state index in [0.29, 0.717) is 13.0 Å². The summed E-state index contributed by atoms with van der Waals surface area (Å²) in [5.41, 5.74) is 3.56. The van der Waals surface area contributed by atoms with E-state index in [9.17, 15) is 4.79 Å². The number of aliphatic hydroxyl groups is 1. The van der Waals surface area contributed by atoms with E-state index in [1.165, 1.54) is 11.1 Å². The highest BCUT2D eigenvalue weighted by molar-refractivity contribution is 5.69. The number of aryl methyl sites for hydroxylation is 2. The van der Waals surface area contributed by atoms with E-state index in [1.54, 1.807) is 0 Å². The van der Waals surface area contributed by atoms with Crippen molar-refractivity contribution in [2.75, 3.05) is 19.8 Å². The van der Waals surface area contributed by atoms with Crippen LogP contribution in [0.25, 0.3) is 0 Å². The van der Waals surface area contributed by atoms with Gasteiger partial charge in [0.1, 0.15) is 12.4 Å². The third kappa shape index (κ3) is 6.22. The van der Waals surface area contributed by atoms with Crippen LogP contribution in [0.1, 0.15) is 57.2 Å². The normalized spacial score (nSPS) is 11.4. The van der Waals surface area contributed by atoms with Gasteiger partial charge in [-0.2, -0.15) is 0 Å². The molecule has 0 saturated heterocycles. The monoisotopic (exact) mass is 322 g/mol. The van der Waals surface area contributed by atoms with Crippen molar-refractivity contribution in [2.24, 2.45) is 0 Å². The zero-order chi connectivity index (χ0) is 17.5. The number of hydrogen-bond donors (Lipinski definition) is 1. The Morgan fingerprint density at radius 2 is 1.96 bits per heavy atom. The molecule has 1 N–H and O–H groups in total. The molecule has 0 aromatic heterocycles. The molecular formula is C19H30O4. The van der Waals surface area contributed by atoms with Gasteiger partial charge < -0.3 is 14.6 Å². The number of aliphatic hydroxyl groups excluding tert-OH is 1. The highest BCUT2D eigenvalue weighted by Gasteiger charge is 2.21. The lowest BCUT2D eigenvalue weighted by Crippen LogP contribution is -2.15. The van der Waals surface area contributed by atoms with Crippen molar-refractivity contribution >= 4 is 5.97 Å². The van der Waals surface area contributed by atoms with Crippen LogP contribution in [0.2, 0.25) is 0 Å². The van der Waals surface area contributed by atoms with Gasteiger partial charge in [0.2, 0.25) is 0 Å². The first-order valence-electron chi connectivity index (χ1n) is 8.32. The molecule has 0 heterocycles. The number of rotatable bonds is 8. The predicted molar refractivity (Wildman–Crippen MR) is 92.0 cm³/mol. The SMILES string of the molecule is CCOc1c(C)cc(CCCC(=O)OCCO)cc1C(C)(C)C. The summed E-state index contributed by atoms with van der Waals surface area (Å²) < 4.78 is 10.7. The number of hydrogen-bond acceptors (Lipinski definition) is 4. The topological polar surface area (TPSA) is 55.8 Å². The first-order valence-corrected chi connectivity index (χ1v) is 8.32. The van der Waals surface area contributed by atoms with Crippen molar-refractivity contribution in [1.29, 1.82) is 0 Å². The lowest BCUT2D eigenvalue weighted by atomic mass is 9.83. The van der Waals surface area contributed by atoms with Crippen molar-refractivity contribution in [2.45, 2.75) is 59.3 Å². The van der Waals surface area contributed by atoms with E-state index in [-0.39, 0.29) is 24.6 Å². The van der Waals surface area contributed by atoms with E-state index >= 15 is 0 Å². The van der Waals surface area contributed by atoms with E-state index < -0.39 is 0 Å². The van der Waals surface area contributed by atoms with Gasteiger partial charge in [0.25, 0.3) is 0 Å². The summed E-state index contributed by atoms with van der Waals surface area (Å²) in [5, 5.41) is 8.64. The van der Waals surface area contributed by atoms with Gasteiger partial charge in [-0.05, 0) is 43.2 Å². The second kappa shape index (κ2) is 8.92. The summed E-state index contributed by atoms with van der Waals surface area (Å²) in [7, 11) is 0. The molecule has 0 saturated carbocycles. The average molecular weight is 322 g/mol. The van der Waals surface area contributed by atoms with Gasteiger partial charge in [0.15, 0.2) is 0 Å². The molecule has 0 aliphatic rings. The fourth-order valence-electron chi connectivity index (χ4n) is 2.55. The van der Waals surface area contributed by atoms with Gasteiger partial charge in [0, 0.05) is 12.0 Å². The first kappa shape index (κ1) is 19.5. The minimum absolute atomic E-state index is 0.00529. The minimum atomic E-state index is -0.252. The van der Waals surface area contributed by atoms with Crippen LogP contribution in [-0.2, 0) is 21.4 Å². The van der Waals surface area contributed by atoms with Crippen molar-refractivity contribution < 1.29 is 19.4 Å². The Labute approximate surface area is 139 Å². The zero-order valence-electron chi connectivity index (χ0n) is 15.1. The van der Waals surface area contributed by atoms with Crippen molar-refractivity contribution in [3.63, 3.8) is 0 Å². The molecule has 0 unspecified atom stereocenters. The number of benzene rings is 1. The molecule has 0 fully saturated rings. The summed E-state index contributed by atoms with van der Waals surface area (Å²) in [6, 6.07) is 4.33. The average Bonchev–Trinajstić information content (AvgIpc) is 2.46. The lowest BCUT2D eigenvalue weighted by molar-refractivity contribution is -0.144. The fourth-order valence-corrected chi connectivity index (χ4v) is 2.55. The largest absolute Gasteiger partial charge is 0.493 e. The van der Waals surface area contributed by atoms with Gasteiger partial charge in [0.05, 0.1) is 13.2 Å². The van der Waals surface area contributed by atoms with Crippen LogP contribution in [0.15, 0.2) is 12.1 Å². The maximum atomic E-state index is 11.5. The van der Waals surface area contributed by atoms with Crippen LogP contribution >= 0.6 is 0 Å². The summed E-state index contributed by atoms with van der Waals surface area (Å²) in [5.74, 6) is 0.726. The van der Waals surface area contributed by atoms with Crippen LogP contribution in [0.4, 0.5) is 0 Å². The molecule has 1 aromatic rings. The van der Waals surface area contributed by atoms with Crippen LogP contribution in [0.5, 0.6) is 5.75 Å². The molecular weight excluding hydrogens is 292 g/mol. The van der Waals surface area contributed by atoms with Gasteiger partial charge in [-0.1, -0.05) is 32.9 Å². The summed E-state index contributed by atoms with van der Waals surface area (Å²) in [4.78, 5) is 11.5. The molecule has 23 heavy (non-hydrogen) atoms. The Hall–Kier alpha value is -1.55. The molecule has 1 aromatic carbocycles. The van der Waals surface area contributed by atoms with Gasteiger partial charge >= 0.3 is 5.97 Å². The van der Waals surface area contributed by atoms with Crippen molar-refractivity contribution in [3.8, 4) is 5.75 Å². The van der Waals surface area contributed by atoms with Crippen molar-refractivity contribution in [1.82, 2.24) is 0 Å². The van der Waals surface area contributed by atoms with Gasteiger partial charge in [-0.25, -0.2) is 0 Å². The molecule has 0 aliphatic heterocycles. The lowest BCUT2D eigenvalue weighted by Gasteiger charge is -2.25. The second-order valence-electron chi connectivity index (χ2n) is 6.77. The number of esters is 1. The quantitative estimate of drug-likeness (QED) is 0.744. The van der Waals surface area contributed by atoms with Crippen LogP contribution < -0.4 is 4.74 Å². The molecule has 4 heteroatoms. The van der Waals surface area contributed by atoms with Gasteiger partial charge in [-0.15, -0.1) is 0 Å². The van der Waals surface area contributed by atoms with Crippen molar-refractivity contribution in [3.05, 3.63) is 28.8 Å². The molecule has 0 amide bonds. The standard InChI is InChI=1S/C19H30O4/c1-6-22-18-14(2)12-15(13-16(18)19(3,4)5)8-7-9-17(21)23-11-10-20/h12-13,20H,6-11H2,1-5H3. The van der Waals surface area contributed by atoms with Crippen LogP contribution in [-0.4, -0.2) is 30.9 Å². The predicted octanol–water partition coefficient (Wildman–Crippen LogP) is 3.55. The second-order valence-corrected chi connectivity index (χ2v) is 6.77. The van der Waals surface area contributed by atoms with Crippen LogP contribution in [0, 0.1) is 6.92 Å². The number of carbonyl (C=O) groups excluding carboxylic acids is 1. The third-order valence-corrected chi connectivity index (χ3v) is 3.63. The maximum absolute atomic E-state index is 11.5. The molecule has 0 aliphatic carbocycles. The summed E-state index contributed by atoms with van der Waals surface area (Å²) in [6.07, 6.45) is 1.93. The van der Waals surface area contributed by atoms with E-state index in [2.05, 4.69) is 39.8 Å². The highest BCUT2D eigenvalue weighted by Crippen LogP contribution is 2.35. The van der Waals surface area contributed by atoms with E-state index in [0.717, 1.165) is 24.2 Å². The number of ether oxygens (including phenoxy) is 2. The Kier molecular flexibility index (Phi) is 7.56. The molecule has 0 atom stereocenters. The Bertz CT molecular complexity index is 515. The minimum Gasteiger partial charge on any atom is -0.493 e. The maximum Gasteiger partial charge on any atom is 0.305 e. The van der Waals surface area contributed by atoms with Gasteiger partial charge in [-0.3, -0.25) is 4.79 Å². The summed E-state index contributed by atoms with van der Waals surface area (Å²) in [6.45, 7) is 11.2. The fraction of sp³-hybridized carbons (Fsp3) is 0.632. The summed E-state index contributed by atoms with van der Waals surface area (Å²) >= 11 is 0. The molecule has 0 spiro atoms. The molecule has 4 nitrogen and oxygen atoms in total. The molecule has 0 bridgehead atoms. The van der Waals surface area contributed by atoms with Crippen LogP contribution in [0.3, 0.4) is 0 Å². The van der Waals surface area contributed by atoms with E-state index in [4.69, 9.17) is 14.6 Å². The number of carbonyl (C=O) groups is 1. The zero-order valence-corrected chi connectivity index (χ0v) is 15.1. The Balaban J connectivity index is 2.81. The Morgan fingerprint density at radius 3 is 2.52 bits per heavy atom.